The number of nitrogens with one attached hydrogen (secondary N) is 1. The number of H-pyrrole nitrogens is 1. The molecule has 0 spiro atoms. The molecule has 2 aromatic rings. The van der Waals surface area contributed by atoms with Crippen LogP contribution in [0.25, 0.3) is 0 Å². The van der Waals surface area contributed by atoms with E-state index < -0.39 is 0 Å². The third-order valence-corrected chi connectivity index (χ3v) is 3.24. The van der Waals surface area contributed by atoms with Gasteiger partial charge >= 0.3 is 0 Å². The summed E-state index contributed by atoms with van der Waals surface area (Å²) in [4.78, 5) is 13.9. The summed E-state index contributed by atoms with van der Waals surface area (Å²) < 4.78 is 5.11. The van der Waals surface area contributed by atoms with Crippen LogP contribution in [0, 0.1) is 0 Å². The second kappa shape index (κ2) is 7.37. The van der Waals surface area contributed by atoms with Crippen molar-refractivity contribution in [1.29, 1.82) is 0 Å². The average Bonchev–Trinajstić information content (AvgIpc) is 3.03. The molecule has 1 amide bonds. The van der Waals surface area contributed by atoms with E-state index >= 15 is 0 Å². The highest BCUT2D eigenvalue weighted by atomic mass is 16.5. The summed E-state index contributed by atoms with van der Waals surface area (Å²) in [6, 6.07) is 7.75. The van der Waals surface area contributed by atoms with Gasteiger partial charge in [-0.05, 0) is 31.0 Å². The molecule has 0 saturated heterocycles. The number of nitrogens with zero attached hydrogens (tertiary/aromatic N) is 4. The van der Waals surface area contributed by atoms with Gasteiger partial charge < -0.3 is 9.64 Å². The van der Waals surface area contributed by atoms with E-state index in [0.717, 1.165) is 11.3 Å². The molecule has 0 radical (unpaired) electrons. The Labute approximate surface area is 123 Å². The smallest absolute Gasteiger partial charge is 0.223 e. The van der Waals surface area contributed by atoms with E-state index in [0.29, 0.717) is 31.8 Å². The van der Waals surface area contributed by atoms with Crippen molar-refractivity contribution >= 4 is 5.91 Å². The number of ether oxygens (including phenoxy) is 1. The SMILES string of the molecule is CCN(Cc1nn[nH]n1)C(=O)CCc1ccc(OC)cc1. The molecular formula is C14H19N5O2. The standard InChI is InChI=1S/C14H19N5O2/c1-3-19(10-13-15-17-18-16-13)14(20)9-6-11-4-7-12(21-2)8-5-11/h4-5,7-8H,3,6,9-10H2,1-2H3,(H,15,16,17,18). The lowest BCUT2D eigenvalue weighted by molar-refractivity contribution is -0.131. The molecule has 1 N–H and O–H groups in total. The van der Waals surface area contributed by atoms with Gasteiger partial charge in [-0.25, -0.2) is 0 Å². The highest BCUT2D eigenvalue weighted by Crippen LogP contribution is 2.13. The summed E-state index contributed by atoms with van der Waals surface area (Å²) in [5.74, 6) is 1.42. The fraction of sp³-hybridized carbons (Fsp3) is 0.429. The largest absolute Gasteiger partial charge is 0.497 e. The summed E-state index contributed by atoms with van der Waals surface area (Å²) in [5, 5.41) is 13.6. The Morgan fingerprint density at radius 1 is 1.33 bits per heavy atom. The van der Waals surface area contributed by atoms with Crippen LogP contribution < -0.4 is 4.74 Å². The summed E-state index contributed by atoms with van der Waals surface area (Å²) in [6.45, 7) is 2.94. The molecule has 7 nitrogen and oxygen atoms in total. The Morgan fingerprint density at radius 2 is 2.10 bits per heavy atom. The molecule has 1 heterocycles. The maximum absolute atomic E-state index is 12.2. The van der Waals surface area contributed by atoms with Crippen molar-refractivity contribution in [3.63, 3.8) is 0 Å². The fourth-order valence-corrected chi connectivity index (χ4v) is 2.00. The third kappa shape index (κ3) is 4.27. The van der Waals surface area contributed by atoms with Gasteiger partial charge in [0.1, 0.15) is 5.75 Å². The van der Waals surface area contributed by atoms with Crippen LogP contribution in [0.3, 0.4) is 0 Å². The van der Waals surface area contributed by atoms with Crippen LogP contribution >= 0.6 is 0 Å². The van der Waals surface area contributed by atoms with Gasteiger partial charge in [-0.2, -0.15) is 5.21 Å². The number of amides is 1. The van der Waals surface area contributed by atoms with Gasteiger partial charge in [-0.15, -0.1) is 10.2 Å². The van der Waals surface area contributed by atoms with E-state index in [1.54, 1.807) is 12.0 Å². The minimum absolute atomic E-state index is 0.0816. The van der Waals surface area contributed by atoms with Crippen molar-refractivity contribution in [2.45, 2.75) is 26.3 Å². The fourth-order valence-electron chi connectivity index (χ4n) is 2.00. The summed E-state index contributed by atoms with van der Waals surface area (Å²) in [6.07, 6.45) is 1.16. The maximum atomic E-state index is 12.2. The predicted octanol–water partition coefficient (Wildman–Crippen LogP) is 1.19. The molecule has 0 fully saturated rings. The normalized spacial score (nSPS) is 10.4. The molecular weight excluding hydrogens is 270 g/mol. The number of tetrazole rings is 1. The van der Waals surface area contributed by atoms with E-state index in [9.17, 15) is 4.79 Å². The molecule has 0 atom stereocenters. The summed E-state index contributed by atoms with van der Waals surface area (Å²) >= 11 is 0. The van der Waals surface area contributed by atoms with Crippen LogP contribution in [-0.2, 0) is 17.8 Å². The number of aromatic nitrogens is 4. The van der Waals surface area contributed by atoms with Gasteiger partial charge in [-0.1, -0.05) is 17.3 Å². The average molecular weight is 289 g/mol. The molecule has 7 heteroatoms. The number of carbonyl (C=O) groups is 1. The number of rotatable bonds is 7. The number of benzene rings is 1. The van der Waals surface area contributed by atoms with Gasteiger partial charge in [0, 0.05) is 13.0 Å². The first kappa shape index (κ1) is 15.0. The van der Waals surface area contributed by atoms with Gasteiger partial charge in [0.2, 0.25) is 5.91 Å². The quantitative estimate of drug-likeness (QED) is 0.827. The Kier molecular flexibility index (Phi) is 5.25. The van der Waals surface area contributed by atoms with Crippen molar-refractivity contribution in [1.82, 2.24) is 25.5 Å². The van der Waals surface area contributed by atoms with Crippen LogP contribution in [0.4, 0.5) is 0 Å². The number of hydrogen-bond donors (Lipinski definition) is 1. The monoisotopic (exact) mass is 289 g/mol. The Morgan fingerprint density at radius 3 is 2.67 bits per heavy atom. The van der Waals surface area contributed by atoms with Crippen LogP contribution in [0.5, 0.6) is 5.75 Å². The van der Waals surface area contributed by atoms with Crippen LogP contribution in [0.15, 0.2) is 24.3 Å². The summed E-state index contributed by atoms with van der Waals surface area (Å²) in [7, 11) is 1.63. The molecule has 0 saturated carbocycles. The lowest BCUT2D eigenvalue weighted by atomic mass is 10.1. The molecule has 0 aliphatic carbocycles. The Hall–Kier alpha value is -2.44. The van der Waals surface area contributed by atoms with Crippen LogP contribution in [0.1, 0.15) is 24.7 Å². The van der Waals surface area contributed by atoms with Gasteiger partial charge in [0.15, 0.2) is 5.82 Å². The Bertz CT molecular complexity index is 553. The third-order valence-electron chi connectivity index (χ3n) is 3.24. The molecule has 1 aromatic carbocycles. The maximum Gasteiger partial charge on any atom is 0.223 e. The molecule has 0 aliphatic rings. The molecule has 0 bridgehead atoms. The number of aryl methyl sites for hydroxylation is 1. The van der Waals surface area contributed by atoms with Gasteiger partial charge in [-0.3, -0.25) is 4.79 Å². The van der Waals surface area contributed by atoms with Crippen molar-refractivity contribution in [3.05, 3.63) is 35.7 Å². The van der Waals surface area contributed by atoms with Crippen molar-refractivity contribution in [2.75, 3.05) is 13.7 Å². The number of aromatic amines is 1. The highest BCUT2D eigenvalue weighted by Gasteiger charge is 2.14. The van der Waals surface area contributed by atoms with Crippen molar-refractivity contribution in [2.24, 2.45) is 0 Å². The first-order valence-electron chi connectivity index (χ1n) is 6.86. The van der Waals surface area contributed by atoms with E-state index in [1.807, 2.05) is 31.2 Å². The van der Waals surface area contributed by atoms with E-state index in [2.05, 4.69) is 20.6 Å². The molecule has 1 aromatic heterocycles. The number of hydrogen-bond acceptors (Lipinski definition) is 5. The minimum atomic E-state index is 0.0816. The molecule has 21 heavy (non-hydrogen) atoms. The van der Waals surface area contributed by atoms with Crippen molar-refractivity contribution in [3.8, 4) is 5.75 Å². The van der Waals surface area contributed by atoms with E-state index in [4.69, 9.17) is 4.74 Å². The van der Waals surface area contributed by atoms with Crippen molar-refractivity contribution < 1.29 is 9.53 Å². The first-order valence-corrected chi connectivity index (χ1v) is 6.86. The lowest BCUT2D eigenvalue weighted by Crippen LogP contribution is -2.30. The molecule has 0 unspecified atom stereocenters. The number of methoxy groups -OCH3 is 1. The van der Waals surface area contributed by atoms with E-state index in [-0.39, 0.29) is 5.91 Å². The molecule has 0 aliphatic heterocycles. The zero-order chi connectivity index (χ0) is 15.1. The highest BCUT2D eigenvalue weighted by molar-refractivity contribution is 5.76. The first-order chi connectivity index (χ1) is 10.2. The second-order valence-corrected chi connectivity index (χ2v) is 4.58. The van der Waals surface area contributed by atoms with Gasteiger partial charge in [0.25, 0.3) is 0 Å². The Balaban J connectivity index is 1.86. The minimum Gasteiger partial charge on any atom is -0.497 e. The second-order valence-electron chi connectivity index (χ2n) is 4.58. The zero-order valence-electron chi connectivity index (χ0n) is 12.2. The van der Waals surface area contributed by atoms with Crippen LogP contribution in [0.2, 0.25) is 0 Å². The number of carbonyl (C=O) groups excluding carboxylic acids is 1. The van der Waals surface area contributed by atoms with Gasteiger partial charge in [0.05, 0.1) is 13.7 Å². The van der Waals surface area contributed by atoms with Crippen LogP contribution in [-0.4, -0.2) is 45.1 Å². The lowest BCUT2D eigenvalue weighted by Gasteiger charge is -2.18. The molecule has 112 valence electrons. The van der Waals surface area contributed by atoms with E-state index in [1.165, 1.54) is 0 Å². The molecule has 2 rings (SSSR count). The predicted molar refractivity (Wildman–Crippen MR) is 76.6 cm³/mol. The topological polar surface area (TPSA) is 84.0 Å². The summed E-state index contributed by atoms with van der Waals surface area (Å²) in [5.41, 5.74) is 1.11. The zero-order valence-corrected chi connectivity index (χ0v) is 12.2.